The lowest BCUT2D eigenvalue weighted by atomic mass is 10.3. The van der Waals surface area contributed by atoms with Crippen LogP contribution in [0.25, 0.3) is 5.69 Å². The standard InChI is InChI=1S/C11H12ClN3O/c1-8(12)16-10-5-3-2-4-9(10)15-7-6-11(13)14-15/h2-8H,1H3,(H2,13,14). The first-order chi connectivity index (χ1) is 7.66. The summed E-state index contributed by atoms with van der Waals surface area (Å²) in [5, 5.41) is 4.12. The molecule has 1 atom stereocenters. The summed E-state index contributed by atoms with van der Waals surface area (Å²) in [6.07, 6.45) is 1.77. The van der Waals surface area contributed by atoms with Crippen molar-refractivity contribution in [1.82, 2.24) is 9.78 Å². The van der Waals surface area contributed by atoms with Crippen LogP contribution in [0.1, 0.15) is 6.92 Å². The van der Waals surface area contributed by atoms with Crippen LogP contribution in [0.4, 0.5) is 5.82 Å². The van der Waals surface area contributed by atoms with Crippen LogP contribution in [-0.2, 0) is 0 Å². The normalized spacial score (nSPS) is 12.4. The second-order valence-corrected chi connectivity index (χ2v) is 3.93. The first-order valence-corrected chi connectivity index (χ1v) is 5.32. The van der Waals surface area contributed by atoms with E-state index in [4.69, 9.17) is 22.1 Å². The smallest absolute Gasteiger partial charge is 0.169 e. The number of aromatic nitrogens is 2. The zero-order valence-electron chi connectivity index (χ0n) is 8.80. The van der Waals surface area contributed by atoms with Crippen LogP contribution in [0.2, 0.25) is 0 Å². The number of nitrogens with two attached hydrogens (primary N) is 1. The Morgan fingerprint density at radius 3 is 2.75 bits per heavy atom. The highest BCUT2D eigenvalue weighted by Gasteiger charge is 2.08. The van der Waals surface area contributed by atoms with Gasteiger partial charge in [0.05, 0.1) is 0 Å². The van der Waals surface area contributed by atoms with Crippen molar-refractivity contribution in [2.45, 2.75) is 12.5 Å². The molecule has 0 aliphatic heterocycles. The fraction of sp³-hybridized carbons (Fsp3) is 0.182. The summed E-state index contributed by atoms with van der Waals surface area (Å²) in [5.74, 6) is 1.14. The van der Waals surface area contributed by atoms with E-state index in [0.29, 0.717) is 11.6 Å². The molecule has 84 valence electrons. The second-order valence-electron chi connectivity index (χ2n) is 3.31. The topological polar surface area (TPSA) is 53.1 Å². The molecule has 2 rings (SSSR count). The monoisotopic (exact) mass is 237 g/mol. The van der Waals surface area contributed by atoms with Gasteiger partial charge in [-0.1, -0.05) is 23.7 Å². The molecule has 1 aromatic carbocycles. The zero-order chi connectivity index (χ0) is 11.5. The van der Waals surface area contributed by atoms with Gasteiger partial charge in [-0.3, -0.25) is 0 Å². The van der Waals surface area contributed by atoms with Crippen molar-refractivity contribution >= 4 is 17.4 Å². The van der Waals surface area contributed by atoms with E-state index in [1.807, 2.05) is 24.3 Å². The van der Waals surface area contributed by atoms with Gasteiger partial charge in [0.25, 0.3) is 0 Å². The van der Waals surface area contributed by atoms with E-state index in [-0.39, 0.29) is 0 Å². The molecule has 2 N–H and O–H groups in total. The number of anilines is 1. The Morgan fingerprint density at radius 2 is 2.12 bits per heavy atom. The third-order valence-electron chi connectivity index (χ3n) is 2.01. The van der Waals surface area contributed by atoms with E-state index in [1.54, 1.807) is 23.9 Å². The lowest BCUT2D eigenvalue weighted by Crippen LogP contribution is -2.06. The Bertz CT molecular complexity index is 482. The molecule has 5 heteroatoms. The molecule has 0 spiro atoms. The van der Waals surface area contributed by atoms with Gasteiger partial charge in [-0.25, -0.2) is 4.68 Å². The fourth-order valence-corrected chi connectivity index (χ4v) is 1.49. The first kappa shape index (κ1) is 10.8. The van der Waals surface area contributed by atoms with E-state index < -0.39 is 5.56 Å². The van der Waals surface area contributed by atoms with E-state index in [0.717, 1.165) is 5.69 Å². The largest absolute Gasteiger partial charge is 0.473 e. The van der Waals surface area contributed by atoms with E-state index in [1.165, 1.54) is 0 Å². The molecule has 1 unspecified atom stereocenters. The van der Waals surface area contributed by atoms with Crippen LogP contribution in [0.15, 0.2) is 36.5 Å². The van der Waals surface area contributed by atoms with Crippen molar-refractivity contribution in [3.63, 3.8) is 0 Å². The van der Waals surface area contributed by atoms with Gasteiger partial charge in [0.1, 0.15) is 17.3 Å². The summed E-state index contributed by atoms with van der Waals surface area (Å²) in [7, 11) is 0. The summed E-state index contributed by atoms with van der Waals surface area (Å²) in [5.41, 5.74) is 5.99. The third-order valence-corrected chi connectivity index (χ3v) is 2.10. The molecule has 0 fully saturated rings. The van der Waals surface area contributed by atoms with Crippen molar-refractivity contribution in [2.24, 2.45) is 0 Å². The number of benzene rings is 1. The van der Waals surface area contributed by atoms with E-state index in [9.17, 15) is 0 Å². The van der Waals surface area contributed by atoms with E-state index in [2.05, 4.69) is 5.10 Å². The lowest BCUT2D eigenvalue weighted by molar-refractivity contribution is 0.300. The number of halogens is 1. The van der Waals surface area contributed by atoms with Crippen molar-refractivity contribution in [3.05, 3.63) is 36.5 Å². The molecule has 0 amide bonds. The summed E-state index contributed by atoms with van der Waals surface area (Å²) < 4.78 is 7.13. The predicted molar refractivity (Wildman–Crippen MR) is 63.9 cm³/mol. The Hall–Kier alpha value is -1.68. The van der Waals surface area contributed by atoms with Gasteiger partial charge in [0.15, 0.2) is 5.56 Å². The number of nitrogens with zero attached hydrogens (tertiary/aromatic N) is 2. The molecule has 1 aromatic heterocycles. The van der Waals surface area contributed by atoms with Crippen LogP contribution >= 0.6 is 11.6 Å². The number of ether oxygens (including phenoxy) is 1. The summed E-state index contributed by atoms with van der Waals surface area (Å²) in [6.45, 7) is 1.76. The maximum Gasteiger partial charge on any atom is 0.169 e. The van der Waals surface area contributed by atoms with Crippen LogP contribution < -0.4 is 10.5 Å². The Balaban J connectivity index is 2.40. The van der Waals surface area contributed by atoms with Gasteiger partial charge in [-0.2, -0.15) is 5.10 Å². The summed E-state index contributed by atoms with van der Waals surface area (Å²) >= 11 is 5.80. The van der Waals surface area contributed by atoms with Gasteiger partial charge >= 0.3 is 0 Å². The first-order valence-electron chi connectivity index (χ1n) is 4.88. The van der Waals surface area contributed by atoms with Crippen molar-refractivity contribution in [1.29, 1.82) is 0 Å². The Kier molecular flexibility index (Phi) is 3.01. The highest BCUT2D eigenvalue weighted by molar-refractivity contribution is 6.19. The van der Waals surface area contributed by atoms with Crippen LogP contribution in [0.3, 0.4) is 0 Å². The molecule has 0 saturated carbocycles. The molecule has 4 nitrogen and oxygen atoms in total. The number of alkyl halides is 1. The minimum absolute atomic E-state index is 0.394. The average Bonchev–Trinajstić information content (AvgIpc) is 2.65. The Labute approximate surface area is 98.6 Å². The number of nitrogen functional groups attached to an aromatic ring is 1. The number of hydrogen-bond donors (Lipinski definition) is 1. The maximum atomic E-state index is 5.80. The van der Waals surface area contributed by atoms with Gasteiger partial charge in [-0.15, -0.1) is 0 Å². The molecule has 1 heterocycles. The molecule has 0 radical (unpaired) electrons. The predicted octanol–water partition coefficient (Wildman–Crippen LogP) is 2.42. The fourth-order valence-electron chi connectivity index (χ4n) is 1.39. The molecule has 0 saturated heterocycles. The molecule has 16 heavy (non-hydrogen) atoms. The SMILES string of the molecule is CC(Cl)Oc1ccccc1-n1ccc(N)n1. The molecule has 0 aliphatic carbocycles. The molecular formula is C11H12ClN3O. The van der Waals surface area contributed by atoms with Gasteiger partial charge in [-0.05, 0) is 19.1 Å². The molecule has 0 bridgehead atoms. The second kappa shape index (κ2) is 4.45. The average molecular weight is 238 g/mol. The number of hydrogen-bond acceptors (Lipinski definition) is 3. The number of para-hydroxylation sites is 2. The highest BCUT2D eigenvalue weighted by atomic mass is 35.5. The van der Waals surface area contributed by atoms with Gasteiger partial charge < -0.3 is 10.5 Å². The quantitative estimate of drug-likeness (QED) is 0.835. The molecule has 2 aromatic rings. The lowest BCUT2D eigenvalue weighted by Gasteiger charge is -2.12. The third kappa shape index (κ3) is 2.28. The minimum Gasteiger partial charge on any atom is -0.473 e. The van der Waals surface area contributed by atoms with Crippen molar-refractivity contribution in [2.75, 3.05) is 5.73 Å². The minimum atomic E-state index is -0.394. The zero-order valence-corrected chi connectivity index (χ0v) is 9.56. The van der Waals surface area contributed by atoms with Gasteiger partial charge in [0, 0.05) is 12.3 Å². The molecule has 0 aliphatic rings. The Morgan fingerprint density at radius 1 is 1.38 bits per heavy atom. The maximum absolute atomic E-state index is 5.80. The molecular weight excluding hydrogens is 226 g/mol. The van der Waals surface area contributed by atoms with Crippen molar-refractivity contribution in [3.8, 4) is 11.4 Å². The number of rotatable bonds is 3. The van der Waals surface area contributed by atoms with Crippen molar-refractivity contribution < 1.29 is 4.74 Å². The van der Waals surface area contributed by atoms with Crippen LogP contribution in [0.5, 0.6) is 5.75 Å². The van der Waals surface area contributed by atoms with Gasteiger partial charge in [0.2, 0.25) is 0 Å². The van der Waals surface area contributed by atoms with Crippen LogP contribution in [-0.4, -0.2) is 15.3 Å². The van der Waals surface area contributed by atoms with E-state index >= 15 is 0 Å². The van der Waals surface area contributed by atoms with Crippen LogP contribution in [0, 0.1) is 0 Å². The highest BCUT2D eigenvalue weighted by Crippen LogP contribution is 2.23. The summed E-state index contributed by atoms with van der Waals surface area (Å²) in [4.78, 5) is 0. The summed E-state index contributed by atoms with van der Waals surface area (Å²) in [6, 6.07) is 9.23.